The highest BCUT2D eigenvalue weighted by atomic mass is 32.2. The number of aromatic nitrogens is 2. The third-order valence-corrected chi connectivity index (χ3v) is 6.36. The predicted octanol–water partition coefficient (Wildman–Crippen LogP) is 5.94. The zero-order valence-electron chi connectivity index (χ0n) is 16.2. The highest BCUT2D eigenvalue weighted by Crippen LogP contribution is 2.48. The van der Waals surface area contributed by atoms with E-state index in [1.165, 1.54) is 12.1 Å². The third-order valence-electron chi connectivity index (χ3n) is 5.07. The maximum atomic E-state index is 13.5. The summed E-state index contributed by atoms with van der Waals surface area (Å²) in [6.07, 6.45) is 0. The number of phenolic OH excluding ortho intramolecular Hbond substituents is 1. The molecular weight excluding hydrogens is 397 g/mol. The number of rotatable bonds is 3. The van der Waals surface area contributed by atoms with Crippen molar-refractivity contribution in [3.8, 4) is 11.4 Å². The number of fused-ring (bicyclic) bond motifs is 1. The first-order chi connectivity index (χ1) is 14.6. The smallest absolute Gasteiger partial charge is 0.161 e. The van der Waals surface area contributed by atoms with E-state index in [2.05, 4.69) is 0 Å². The molecule has 1 atom stereocenters. The van der Waals surface area contributed by atoms with Crippen molar-refractivity contribution in [2.24, 2.45) is 4.99 Å². The molecule has 1 aromatic heterocycles. The van der Waals surface area contributed by atoms with E-state index in [1.807, 2.05) is 49.4 Å². The molecule has 1 aliphatic heterocycles. The van der Waals surface area contributed by atoms with Gasteiger partial charge in [-0.2, -0.15) is 5.10 Å². The van der Waals surface area contributed by atoms with Crippen LogP contribution in [0.2, 0.25) is 0 Å². The second-order valence-electron chi connectivity index (χ2n) is 7.08. The lowest BCUT2D eigenvalue weighted by Crippen LogP contribution is -2.09. The van der Waals surface area contributed by atoms with E-state index >= 15 is 0 Å². The van der Waals surface area contributed by atoms with E-state index < -0.39 is 0 Å². The van der Waals surface area contributed by atoms with E-state index in [1.54, 1.807) is 40.7 Å². The monoisotopic (exact) mass is 415 g/mol. The van der Waals surface area contributed by atoms with Crippen molar-refractivity contribution in [2.75, 3.05) is 0 Å². The first-order valence-electron chi connectivity index (χ1n) is 9.55. The van der Waals surface area contributed by atoms with Gasteiger partial charge in [0.2, 0.25) is 0 Å². The second-order valence-corrected chi connectivity index (χ2v) is 8.18. The molecule has 30 heavy (non-hydrogen) atoms. The van der Waals surface area contributed by atoms with Crippen molar-refractivity contribution in [1.29, 1.82) is 0 Å². The minimum Gasteiger partial charge on any atom is -0.508 e. The number of hydrogen-bond donors (Lipinski definition) is 1. The SMILES string of the molecule is Cc1nn(-c2ccc(F)cc2)c2c1[C@@H](c1ccc(O)cc1)SC(c1ccccc1)=N2. The van der Waals surface area contributed by atoms with Gasteiger partial charge < -0.3 is 5.11 Å². The molecule has 0 saturated carbocycles. The standard InChI is InChI=1S/C24H18FN3OS/c1-15-21-22(16-7-13-20(29)14-8-16)30-24(17-5-3-2-4-6-17)26-23(21)28(27-15)19-11-9-18(25)10-12-19/h2-14,22,29H,1H3/t22-/m1/s1. The molecule has 4 nitrogen and oxygen atoms in total. The van der Waals surface area contributed by atoms with Crippen LogP contribution in [-0.4, -0.2) is 19.9 Å². The predicted molar refractivity (Wildman–Crippen MR) is 118 cm³/mol. The Morgan fingerprint density at radius 3 is 2.33 bits per heavy atom. The average Bonchev–Trinajstić information content (AvgIpc) is 3.11. The van der Waals surface area contributed by atoms with Crippen LogP contribution in [-0.2, 0) is 0 Å². The fourth-order valence-electron chi connectivity index (χ4n) is 3.59. The largest absolute Gasteiger partial charge is 0.508 e. The van der Waals surface area contributed by atoms with Crippen LogP contribution in [0.1, 0.15) is 27.6 Å². The zero-order chi connectivity index (χ0) is 20.7. The Bertz CT molecular complexity index is 1230. The summed E-state index contributed by atoms with van der Waals surface area (Å²) in [5.41, 5.74) is 4.74. The first-order valence-corrected chi connectivity index (χ1v) is 10.4. The normalized spacial score (nSPS) is 15.5. The third kappa shape index (κ3) is 3.29. The van der Waals surface area contributed by atoms with Crippen LogP contribution >= 0.6 is 11.8 Å². The summed E-state index contributed by atoms with van der Waals surface area (Å²) in [7, 11) is 0. The summed E-state index contributed by atoms with van der Waals surface area (Å²) in [6, 6.07) is 23.6. The Morgan fingerprint density at radius 1 is 0.933 bits per heavy atom. The number of hydrogen-bond acceptors (Lipinski definition) is 4. The number of thioether (sulfide) groups is 1. The molecule has 2 heterocycles. The Hall–Kier alpha value is -3.38. The molecular formula is C24H18FN3OS. The molecule has 0 saturated heterocycles. The molecule has 0 amide bonds. The summed E-state index contributed by atoms with van der Waals surface area (Å²) in [5, 5.41) is 15.3. The van der Waals surface area contributed by atoms with Crippen LogP contribution in [0.15, 0.2) is 83.9 Å². The minimum atomic E-state index is -0.289. The lowest BCUT2D eigenvalue weighted by atomic mass is 10.0. The van der Waals surface area contributed by atoms with Crippen molar-refractivity contribution < 1.29 is 9.50 Å². The Balaban J connectivity index is 1.72. The van der Waals surface area contributed by atoms with Crippen LogP contribution in [0, 0.1) is 12.7 Å². The van der Waals surface area contributed by atoms with Gasteiger partial charge in [-0.25, -0.2) is 14.1 Å². The van der Waals surface area contributed by atoms with E-state index in [9.17, 15) is 9.50 Å². The molecule has 0 aliphatic carbocycles. The zero-order valence-corrected chi connectivity index (χ0v) is 17.0. The van der Waals surface area contributed by atoms with E-state index in [0.29, 0.717) is 0 Å². The van der Waals surface area contributed by atoms with E-state index in [-0.39, 0.29) is 16.8 Å². The van der Waals surface area contributed by atoms with Crippen molar-refractivity contribution in [3.05, 3.63) is 107 Å². The minimum absolute atomic E-state index is 0.0255. The summed E-state index contributed by atoms with van der Waals surface area (Å²) >= 11 is 1.67. The van der Waals surface area contributed by atoms with Crippen LogP contribution in [0.25, 0.3) is 5.69 Å². The summed E-state index contributed by atoms with van der Waals surface area (Å²) < 4.78 is 15.2. The van der Waals surface area contributed by atoms with E-state index in [4.69, 9.17) is 10.1 Å². The Morgan fingerprint density at radius 2 is 1.63 bits per heavy atom. The van der Waals surface area contributed by atoms with Gasteiger partial charge >= 0.3 is 0 Å². The lowest BCUT2D eigenvalue weighted by Gasteiger charge is -2.23. The average molecular weight is 415 g/mol. The van der Waals surface area contributed by atoms with Crippen molar-refractivity contribution in [2.45, 2.75) is 12.2 Å². The van der Waals surface area contributed by atoms with Crippen LogP contribution in [0.4, 0.5) is 10.2 Å². The quantitative estimate of drug-likeness (QED) is 0.450. The molecule has 0 bridgehead atoms. The molecule has 0 fully saturated rings. The molecule has 1 aliphatic rings. The summed E-state index contributed by atoms with van der Waals surface area (Å²) in [4.78, 5) is 4.97. The number of aromatic hydroxyl groups is 1. The number of benzene rings is 3. The molecule has 0 radical (unpaired) electrons. The molecule has 4 aromatic rings. The van der Waals surface area contributed by atoms with Crippen LogP contribution in [0.5, 0.6) is 5.75 Å². The number of aryl methyl sites for hydroxylation is 1. The van der Waals surface area contributed by atoms with Gasteiger partial charge in [0.1, 0.15) is 16.6 Å². The molecule has 6 heteroatoms. The first kappa shape index (κ1) is 18.6. The number of aliphatic imine (C=N–C) groups is 1. The molecule has 0 spiro atoms. The molecule has 3 aromatic carbocycles. The summed E-state index contributed by atoms with van der Waals surface area (Å²) in [6.45, 7) is 1.97. The molecule has 0 unspecified atom stereocenters. The number of halogens is 1. The van der Waals surface area contributed by atoms with Gasteiger partial charge in [0.05, 0.1) is 16.6 Å². The van der Waals surface area contributed by atoms with E-state index in [0.717, 1.165) is 38.9 Å². The lowest BCUT2D eigenvalue weighted by molar-refractivity contribution is 0.475. The van der Waals surface area contributed by atoms with Crippen LogP contribution in [0.3, 0.4) is 0 Å². The number of nitrogens with zero attached hydrogens (tertiary/aromatic N) is 3. The second kappa shape index (κ2) is 7.46. The van der Waals surface area contributed by atoms with Gasteiger partial charge in [0.25, 0.3) is 0 Å². The maximum Gasteiger partial charge on any atom is 0.161 e. The Labute approximate surface area is 177 Å². The summed E-state index contributed by atoms with van der Waals surface area (Å²) in [5.74, 6) is 0.688. The fourth-order valence-corrected chi connectivity index (χ4v) is 4.92. The van der Waals surface area contributed by atoms with Crippen molar-refractivity contribution in [3.63, 3.8) is 0 Å². The van der Waals surface area contributed by atoms with Gasteiger partial charge in [-0.15, -0.1) is 0 Å². The van der Waals surface area contributed by atoms with Gasteiger partial charge in [0.15, 0.2) is 5.82 Å². The van der Waals surface area contributed by atoms with Gasteiger partial charge in [-0.1, -0.05) is 54.2 Å². The molecule has 1 N–H and O–H groups in total. The topological polar surface area (TPSA) is 50.4 Å². The highest BCUT2D eigenvalue weighted by Gasteiger charge is 2.31. The van der Waals surface area contributed by atoms with Gasteiger partial charge in [-0.05, 0) is 48.9 Å². The highest BCUT2D eigenvalue weighted by molar-refractivity contribution is 8.14. The molecule has 148 valence electrons. The van der Waals surface area contributed by atoms with Gasteiger partial charge in [0, 0.05) is 11.1 Å². The molecule has 5 rings (SSSR count). The van der Waals surface area contributed by atoms with Crippen molar-refractivity contribution >= 4 is 22.6 Å². The number of phenols is 1. The maximum absolute atomic E-state index is 13.5. The Kier molecular flexibility index (Phi) is 4.64. The van der Waals surface area contributed by atoms with Crippen molar-refractivity contribution in [1.82, 2.24) is 9.78 Å². The fraction of sp³-hybridized carbons (Fsp3) is 0.0833. The van der Waals surface area contributed by atoms with Crippen LogP contribution < -0.4 is 0 Å². The van der Waals surface area contributed by atoms with Gasteiger partial charge in [-0.3, -0.25) is 0 Å².